The monoisotopic (exact) mass is 376 g/mol. The zero-order valence-corrected chi connectivity index (χ0v) is 14.5. The molecule has 0 aliphatic rings. The summed E-state index contributed by atoms with van der Waals surface area (Å²) < 4.78 is 9.69. The quantitative estimate of drug-likeness (QED) is 0.591. The Labute approximate surface area is 144 Å². The normalized spacial score (nSPS) is 10.5. The van der Waals surface area contributed by atoms with Gasteiger partial charge in [-0.15, -0.1) is 22.7 Å². The van der Waals surface area contributed by atoms with Crippen molar-refractivity contribution >= 4 is 59.0 Å². The van der Waals surface area contributed by atoms with Gasteiger partial charge in [0.25, 0.3) is 0 Å². The summed E-state index contributed by atoms with van der Waals surface area (Å²) in [7, 11) is 0. The number of nitrogens with zero attached hydrogens (tertiary/aromatic N) is 2. The molecular formula is C12H12N2O4S4. The van der Waals surface area contributed by atoms with E-state index >= 15 is 0 Å². The highest BCUT2D eigenvalue weighted by molar-refractivity contribution is 7.73. The molecule has 0 aliphatic heterocycles. The molecule has 2 rings (SSSR count). The van der Waals surface area contributed by atoms with Crippen LogP contribution in [0.4, 0.5) is 0 Å². The summed E-state index contributed by atoms with van der Waals surface area (Å²) in [4.78, 5) is 22.5. The molecule has 0 saturated heterocycles. The minimum absolute atomic E-state index is 0.0317. The highest BCUT2D eigenvalue weighted by atomic mass is 32.2. The fourth-order valence-electron chi connectivity index (χ4n) is 1.66. The Balaban J connectivity index is 1.95. The molecule has 0 bridgehead atoms. The van der Waals surface area contributed by atoms with E-state index in [1.807, 2.05) is 0 Å². The number of rotatable bonds is 7. The first-order valence-electron chi connectivity index (χ1n) is 6.16. The second-order valence-corrected chi connectivity index (χ2v) is 7.29. The average molecular weight is 377 g/mol. The van der Waals surface area contributed by atoms with E-state index in [0.717, 1.165) is 0 Å². The number of carbonyl (C=O) groups excluding carboxylic acids is 1. The number of carbonyl (C=O) groups is 2. The van der Waals surface area contributed by atoms with Crippen molar-refractivity contribution < 1.29 is 19.4 Å². The van der Waals surface area contributed by atoms with E-state index in [4.69, 9.17) is 34.3 Å². The molecule has 2 aromatic rings. The topological polar surface area (TPSA) is 73.5 Å². The molecule has 118 valence electrons. The average Bonchev–Trinajstić information content (AvgIpc) is 3.01. The number of hydrogen-bond acceptors (Lipinski definition) is 7. The molecular weight excluding hydrogens is 364 g/mol. The summed E-state index contributed by atoms with van der Waals surface area (Å²) in [5, 5.41) is 12.3. The molecule has 2 heterocycles. The molecule has 0 radical (unpaired) electrons. The lowest BCUT2D eigenvalue weighted by Crippen LogP contribution is -2.15. The predicted octanol–water partition coefficient (Wildman–Crippen LogP) is 3.09. The molecule has 10 heteroatoms. The van der Waals surface area contributed by atoms with Crippen molar-refractivity contribution in [1.82, 2.24) is 9.13 Å². The molecule has 2 aromatic heterocycles. The van der Waals surface area contributed by atoms with Gasteiger partial charge in [0.15, 0.2) is 7.91 Å². The van der Waals surface area contributed by atoms with E-state index in [9.17, 15) is 9.59 Å². The Morgan fingerprint density at radius 3 is 2.68 bits per heavy atom. The predicted molar refractivity (Wildman–Crippen MR) is 88.3 cm³/mol. The first-order valence-corrected chi connectivity index (χ1v) is 8.73. The van der Waals surface area contributed by atoms with Crippen molar-refractivity contribution in [2.24, 2.45) is 0 Å². The van der Waals surface area contributed by atoms with Gasteiger partial charge < -0.3 is 19.0 Å². The molecule has 0 amide bonds. The van der Waals surface area contributed by atoms with E-state index in [2.05, 4.69) is 0 Å². The number of aliphatic carboxylic acids is 1. The smallest absolute Gasteiger partial charge is 0.326 e. The van der Waals surface area contributed by atoms with Crippen LogP contribution in [0.3, 0.4) is 0 Å². The van der Waals surface area contributed by atoms with Gasteiger partial charge in [0, 0.05) is 23.5 Å². The third-order valence-corrected chi connectivity index (χ3v) is 5.27. The number of ether oxygens (including phenoxy) is 1. The second kappa shape index (κ2) is 7.77. The first-order chi connectivity index (χ1) is 10.5. The maximum atomic E-state index is 11.8. The highest BCUT2D eigenvalue weighted by Crippen LogP contribution is 2.13. The van der Waals surface area contributed by atoms with Crippen molar-refractivity contribution in [2.45, 2.75) is 26.1 Å². The number of thiazole rings is 2. The molecule has 0 spiro atoms. The van der Waals surface area contributed by atoms with Crippen LogP contribution in [-0.2, 0) is 34.0 Å². The molecule has 0 unspecified atom stereocenters. The van der Waals surface area contributed by atoms with Crippen LogP contribution in [0.5, 0.6) is 0 Å². The van der Waals surface area contributed by atoms with Crippen LogP contribution in [0.2, 0.25) is 0 Å². The molecule has 0 aliphatic carbocycles. The second-order valence-electron chi connectivity index (χ2n) is 4.25. The minimum atomic E-state index is -0.900. The van der Waals surface area contributed by atoms with Crippen molar-refractivity contribution in [1.29, 1.82) is 0 Å². The minimum Gasteiger partial charge on any atom is -0.481 e. The zero-order valence-electron chi connectivity index (χ0n) is 11.3. The Morgan fingerprint density at radius 1 is 1.27 bits per heavy atom. The van der Waals surface area contributed by atoms with Crippen molar-refractivity contribution in [3.8, 4) is 0 Å². The van der Waals surface area contributed by atoms with Gasteiger partial charge >= 0.3 is 11.9 Å². The Bertz CT molecular complexity index is 785. The van der Waals surface area contributed by atoms with Gasteiger partial charge in [0.1, 0.15) is 13.2 Å². The molecule has 0 fully saturated rings. The number of carboxylic acids is 1. The lowest BCUT2D eigenvalue weighted by molar-refractivity contribution is -0.146. The summed E-state index contributed by atoms with van der Waals surface area (Å²) in [5.74, 6) is -1.31. The first kappa shape index (κ1) is 17.0. The van der Waals surface area contributed by atoms with Crippen LogP contribution in [-0.4, -0.2) is 26.2 Å². The van der Waals surface area contributed by atoms with E-state index < -0.39 is 11.9 Å². The van der Waals surface area contributed by atoms with Gasteiger partial charge in [0.05, 0.1) is 12.1 Å². The Morgan fingerprint density at radius 2 is 2.05 bits per heavy atom. The Kier molecular flexibility index (Phi) is 6.00. The van der Waals surface area contributed by atoms with E-state index in [0.29, 0.717) is 13.6 Å². The fraction of sp³-hybridized carbons (Fsp3) is 0.333. The maximum absolute atomic E-state index is 11.8. The van der Waals surface area contributed by atoms with E-state index in [1.165, 1.54) is 22.7 Å². The summed E-state index contributed by atoms with van der Waals surface area (Å²) in [5.41, 5.74) is 0.693. The largest absolute Gasteiger partial charge is 0.481 e. The lowest BCUT2D eigenvalue weighted by atomic mass is 10.4. The molecule has 0 saturated carbocycles. The molecule has 6 nitrogen and oxygen atoms in total. The van der Waals surface area contributed by atoms with Crippen molar-refractivity contribution in [3.63, 3.8) is 0 Å². The number of carboxylic acid groups (broad SMARTS) is 1. The van der Waals surface area contributed by atoms with Crippen molar-refractivity contribution in [2.75, 3.05) is 0 Å². The van der Waals surface area contributed by atoms with Gasteiger partial charge in [-0.2, -0.15) is 0 Å². The van der Waals surface area contributed by atoms with Crippen LogP contribution in [0.1, 0.15) is 12.1 Å². The lowest BCUT2D eigenvalue weighted by Gasteiger charge is -2.08. The molecule has 0 atom stereocenters. The third-order valence-electron chi connectivity index (χ3n) is 2.74. The van der Waals surface area contributed by atoms with E-state index in [1.54, 1.807) is 26.1 Å². The zero-order chi connectivity index (χ0) is 16.1. The van der Waals surface area contributed by atoms with Crippen molar-refractivity contribution in [3.05, 3.63) is 30.6 Å². The van der Waals surface area contributed by atoms with Gasteiger partial charge in [-0.1, -0.05) is 0 Å². The molecule has 22 heavy (non-hydrogen) atoms. The van der Waals surface area contributed by atoms with Crippen LogP contribution in [0, 0.1) is 7.91 Å². The van der Waals surface area contributed by atoms with Crippen LogP contribution in [0.15, 0.2) is 17.0 Å². The van der Waals surface area contributed by atoms with Crippen LogP contribution >= 0.6 is 47.1 Å². The number of hydrogen-bond donors (Lipinski definition) is 1. The maximum Gasteiger partial charge on any atom is 0.326 e. The van der Waals surface area contributed by atoms with E-state index in [-0.39, 0.29) is 26.1 Å². The van der Waals surface area contributed by atoms with Gasteiger partial charge in [-0.25, -0.2) is 0 Å². The standard InChI is InChI=1S/C12H12N2O4S4/c15-9(16)1-2-14-8(7-22-12(14)20)6-18-10(17)5-13-3-4-21-11(13)19/h3-4,7H,1-2,5-6H2,(H,15,16). The molecule has 1 N–H and O–H groups in total. The fourth-order valence-corrected chi connectivity index (χ4v) is 3.66. The number of aromatic nitrogens is 2. The van der Waals surface area contributed by atoms with Gasteiger partial charge in [-0.05, 0) is 24.4 Å². The third kappa shape index (κ3) is 4.57. The SMILES string of the molecule is O=C(O)CCn1c(COC(=O)Cn2ccsc2=S)csc1=S. The highest BCUT2D eigenvalue weighted by Gasteiger charge is 2.10. The Hall–Kier alpha value is -1.36. The summed E-state index contributed by atoms with van der Waals surface area (Å²) in [6, 6.07) is 0. The van der Waals surface area contributed by atoms with Crippen LogP contribution < -0.4 is 0 Å². The van der Waals surface area contributed by atoms with Gasteiger partial charge in [0.2, 0.25) is 0 Å². The summed E-state index contributed by atoms with van der Waals surface area (Å²) >= 11 is 12.9. The summed E-state index contributed by atoms with van der Waals surface area (Å²) in [6.45, 7) is 0.380. The number of esters is 1. The van der Waals surface area contributed by atoms with Crippen LogP contribution in [0.25, 0.3) is 0 Å². The molecule has 0 aromatic carbocycles. The summed E-state index contributed by atoms with van der Waals surface area (Å²) in [6.07, 6.45) is 1.70. The van der Waals surface area contributed by atoms with Gasteiger partial charge in [-0.3, -0.25) is 9.59 Å².